The van der Waals surface area contributed by atoms with Crippen molar-refractivity contribution in [1.29, 1.82) is 0 Å². The zero-order valence-corrected chi connectivity index (χ0v) is 20.4. The molecule has 1 saturated heterocycles. The van der Waals surface area contributed by atoms with Crippen LogP contribution in [-0.4, -0.2) is 61.8 Å². The highest BCUT2D eigenvalue weighted by Crippen LogP contribution is 2.29. The number of nitrogens with zero attached hydrogens (tertiary/aromatic N) is 2. The van der Waals surface area contributed by atoms with Crippen LogP contribution in [0.1, 0.15) is 23.2 Å². The van der Waals surface area contributed by atoms with E-state index in [1.54, 1.807) is 24.3 Å². The summed E-state index contributed by atoms with van der Waals surface area (Å²) >= 11 is 7.06. The van der Waals surface area contributed by atoms with Gasteiger partial charge in [0.2, 0.25) is 0 Å². The Morgan fingerprint density at radius 1 is 1.24 bits per heavy atom. The summed E-state index contributed by atoms with van der Waals surface area (Å²) in [7, 11) is -3.52. The number of amides is 3. The molecule has 2 aromatic carbocycles. The number of halogens is 2. The molecular weight excluding hydrogens is 503 g/mol. The van der Waals surface area contributed by atoms with Crippen LogP contribution in [0.25, 0.3) is 10.2 Å². The summed E-state index contributed by atoms with van der Waals surface area (Å²) in [6.45, 7) is 1.56. The Bertz CT molecular complexity index is 1330. The van der Waals surface area contributed by atoms with Gasteiger partial charge < -0.3 is 4.90 Å². The van der Waals surface area contributed by atoms with Crippen molar-refractivity contribution in [3.63, 3.8) is 0 Å². The molecule has 4 rings (SSSR count). The van der Waals surface area contributed by atoms with Crippen LogP contribution in [0, 0.1) is 0 Å². The molecule has 12 heteroatoms. The van der Waals surface area contributed by atoms with Crippen LogP contribution < -0.4 is 10.6 Å². The van der Waals surface area contributed by atoms with Crippen molar-refractivity contribution in [2.24, 2.45) is 0 Å². The Morgan fingerprint density at radius 3 is 2.76 bits per heavy atom. The number of nitrogens with one attached hydrogen (secondary N) is 2. The van der Waals surface area contributed by atoms with E-state index in [4.69, 9.17) is 11.6 Å². The third kappa shape index (κ3) is 5.90. The van der Waals surface area contributed by atoms with Crippen molar-refractivity contribution in [1.82, 2.24) is 15.2 Å². The average Bonchev–Trinajstić information content (AvgIpc) is 3.38. The van der Waals surface area contributed by atoms with Gasteiger partial charge in [-0.15, -0.1) is 0 Å². The van der Waals surface area contributed by atoms with Crippen molar-refractivity contribution in [2.45, 2.75) is 23.9 Å². The number of rotatable bonds is 7. The van der Waals surface area contributed by atoms with Crippen molar-refractivity contribution < 1.29 is 22.4 Å². The van der Waals surface area contributed by atoms with Gasteiger partial charge in [-0.1, -0.05) is 35.1 Å². The van der Waals surface area contributed by atoms with Gasteiger partial charge in [0.1, 0.15) is 6.17 Å². The number of alkyl halides is 1. The fourth-order valence-electron chi connectivity index (χ4n) is 3.68. The monoisotopic (exact) mass is 524 g/mol. The smallest absolute Gasteiger partial charge is 0.300 e. The van der Waals surface area contributed by atoms with Gasteiger partial charge in [0.05, 0.1) is 31.5 Å². The Hall–Kier alpha value is -2.60. The Labute approximate surface area is 205 Å². The maximum atomic E-state index is 13.3. The van der Waals surface area contributed by atoms with E-state index in [0.717, 1.165) is 11.3 Å². The normalized spacial score (nSPS) is 16.6. The summed E-state index contributed by atoms with van der Waals surface area (Å²) in [6.07, 6.45) is 0.0871. The van der Waals surface area contributed by atoms with Crippen molar-refractivity contribution in [3.8, 4) is 0 Å². The van der Waals surface area contributed by atoms with Crippen LogP contribution in [0.15, 0.2) is 47.4 Å². The van der Waals surface area contributed by atoms with Crippen molar-refractivity contribution in [3.05, 3.63) is 53.1 Å². The topological polar surface area (TPSA) is 108 Å². The molecule has 1 aromatic heterocycles. The number of carbonyl (C=O) groups is 2. The zero-order valence-electron chi connectivity index (χ0n) is 18.0. The second kappa shape index (κ2) is 10.3. The summed E-state index contributed by atoms with van der Waals surface area (Å²) < 4.78 is 39.3. The van der Waals surface area contributed by atoms with Gasteiger partial charge in [-0.3, -0.25) is 15.4 Å². The van der Waals surface area contributed by atoms with Crippen LogP contribution in [0.4, 0.5) is 14.3 Å². The maximum Gasteiger partial charge on any atom is 0.327 e. The largest absolute Gasteiger partial charge is 0.327 e. The molecule has 180 valence electrons. The number of aromatic nitrogens is 1. The minimum Gasteiger partial charge on any atom is -0.300 e. The number of hydrogen-bond acceptors (Lipinski definition) is 7. The number of fused-ring (bicyclic) bond motifs is 1. The second-order valence-electron chi connectivity index (χ2n) is 7.90. The average molecular weight is 525 g/mol. The number of carbonyl (C=O) groups excluding carboxylic acids is 2. The van der Waals surface area contributed by atoms with E-state index in [-0.39, 0.29) is 26.4 Å². The molecule has 1 atom stereocenters. The van der Waals surface area contributed by atoms with Crippen LogP contribution in [0.3, 0.4) is 0 Å². The predicted molar refractivity (Wildman–Crippen MR) is 130 cm³/mol. The molecule has 34 heavy (non-hydrogen) atoms. The summed E-state index contributed by atoms with van der Waals surface area (Å²) in [5.41, 5.74) is 0.676. The molecule has 0 aliphatic carbocycles. The minimum atomic E-state index is -3.52. The van der Waals surface area contributed by atoms with Gasteiger partial charge in [0, 0.05) is 13.1 Å². The number of anilines is 1. The van der Waals surface area contributed by atoms with Gasteiger partial charge in [0.15, 0.2) is 15.0 Å². The van der Waals surface area contributed by atoms with Crippen LogP contribution in [-0.2, 0) is 9.84 Å². The van der Waals surface area contributed by atoms with Gasteiger partial charge in [-0.2, -0.15) is 0 Å². The lowest BCUT2D eigenvalue weighted by molar-refractivity contribution is 0.0967. The SMILES string of the molecule is O=C(NC(=O)c1ccccc1Cl)Nc1nc2ccc(S(=O)(=O)CCCN3CCC(F)C3)cc2s1. The van der Waals surface area contributed by atoms with Crippen LogP contribution in [0.2, 0.25) is 5.02 Å². The molecule has 0 radical (unpaired) electrons. The number of sulfone groups is 1. The lowest BCUT2D eigenvalue weighted by atomic mass is 10.2. The Morgan fingerprint density at radius 2 is 2.03 bits per heavy atom. The lowest BCUT2D eigenvalue weighted by Gasteiger charge is -2.14. The van der Waals surface area contributed by atoms with E-state index in [0.29, 0.717) is 42.7 Å². The third-order valence-corrected chi connectivity index (χ3v) is 8.45. The molecule has 0 spiro atoms. The molecule has 1 fully saturated rings. The predicted octanol–water partition coefficient (Wildman–Crippen LogP) is 4.12. The van der Waals surface area contributed by atoms with E-state index in [2.05, 4.69) is 15.6 Å². The first kappa shape index (κ1) is 24.5. The number of benzene rings is 2. The van der Waals surface area contributed by atoms with Gasteiger partial charge in [-0.25, -0.2) is 22.6 Å². The molecule has 2 N–H and O–H groups in total. The number of urea groups is 1. The van der Waals surface area contributed by atoms with Crippen LogP contribution in [0.5, 0.6) is 0 Å². The van der Waals surface area contributed by atoms with Gasteiger partial charge in [0.25, 0.3) is 5.91 Å². The fraction of sp³-hybridized carbons (Fsp3) is 0.318. The van der Waals surface area contributed by atoms with Crippen molar-refractivity contribution >= 4 is 60.1 Å². The molecule has 8 nitrogen and oxygen atoms in total. The van der Waals surface area contributed by atoms with E-state index in [1.165, 1.54) is 18.2 Å². The highest BCUT2D eigenvalue weighted by Gasteiger charge is 2.23. The van der Waals surface area contributed by atoms with E-state index in [9.17, 15) is 22.4 Å². The van der Waals surface area contributed by atoms with E-state index >= 15 is 0 Å². The molecule has 1 unspecified atom stereocenters. The number of hydrogen-bond donors (Lipinski definition) is 2. The summed E-state index contributed by atoms with van der Waals surface area (Å²) in [6, 6.07) is 10.1. The van der Waals surface area contributed by atoms with E-state index < -0.39 is 27.9 Å². The zero-order chi connectivity index (χ0) is 24.3. The molecule has 0 bridgehead atoms. The third-order valence-electron chi connectivity index (χ3n) is 5.39. The lowest BCUT2D eigenvalue weighted by Crippen LogP contribution is -2.34. The van der Waals surface area contributed by atoms with Crippen molar-refractivity contribution in [2.75, 3.05) is 30.7 Å². The standard InChI is InChI=1S/C22H22ClFN4O4S2/c23-17-5-2-1-4-16(17)20(29)26-21(30)27-22-25-18-7-6-15(12-19(18)33-22)34(31,32)11-3-9-28-10-8-14(24)13-28/h1-2,4-7,12,14H,3,8-11,13H2,(H2,25,26,27,29,30). The molecule has 3 aromatic rings. The van der Waals surface area contributed by atoms with Gasteiger partial charge >= 0.3 is 6.03 Å². The number of thiazole rings is 1. The summed E-state index contributed by atoms with van der Waals surface area (Å²) in [5.74, 6) is -0.698. The second-order valence-corrected chi connectivity index (χ2v) is 11.4. The molecule has 3 amide bonds. The highest BCUT2D eigenvalue weighted by atomic mass is 35.5. The quantitative estimate of drug-likeness (QED) is 0.481. The first-order valence-electron chi connectivity index (χ1n) is 10.6. The molecule has 2 heterocycles. The Kier molecular flexibility index (Phi) is 7.46. The fourth-order valence-corrected chi connectivity index (χ4v) is 6.19. The van der Waals surface area contributed by atoms with Gasteiger partial charge in [-0.05, 0) is 49.7 Å². The molecular formula is C22H22ClFN4O4S2. The van der Waals surface area contributed by atoms with Crippen LogP contribution >= 0.6 is 22.9 Å². The first-order chi connectivity index (χ1) is 16.2. The number of likely N-dealkylation sites (tertiary alicyclic amines) is 1. The summed E-state index contributed by atoms with van der Waals surface area (Å²) in [5, 5.41) is 5.10. The maximum absolute atomic E-state index is 13.3. The highest BCUT2D eigenvalue weighted by molar-refractivity contribution is 7.91. The molecule has 1 aliphatic rings. The minimum absolute atomic E-state index is 0.0393. The van der Waals surface area contributed by atoms with E-state index in [1.807, 2.05) is 4.90 Å². The summed E-state index contributed by atoms with van der Waals surface area (Å²) in [4.78, 5) is 30.8. The Balaban J connectivity index is 1.38. The molecule has 0 saturated carbocycles. The first-order valence-corrected chi connectivity index (χ1v) is 13.4. The number of imide groups is 1. The molecule has 1 aliphatic heterocycles.